The van der Waals surface area contributed by atoms with Crippen LogP contribution in [-0.2, 0) is 19.1 Å². The predicted molar refractivity (Wildman–Crippen MR) is 212 cm³/mol. The maximum Gasteiger partial charge on any atom is 0.460 e. The number of esters is 2. The minimum Gasteiger partial charge on any atom is -0.463 e. The van der Waals surface area contributed by atoms with E-state index in [0.29, 0.717) is 0 Å². The van der Waals surface area contributed by atoms with Gasteiger partial charge in [0.05, 0.1) is 12.2 Å². The molecular formula is C42H20F62O6. The lowest BCUT2D eigenvalue weighted by Crippen LogP contribution is -2.79. The van der Waals surface area contributed by atoms with Gasteiger partial charge in [-0.25, -0.2) is 0 Å². The normalized spacial score (nSPS) is 17.2. The van der Waals surface area contributed by atoms with Crippen molar-refractivity contribution in [2.45, 2.75) is 229 Å². The summed E-state index contributed by atoms with van der Waals surface area (Å²) in [4.78, 5) is 23.5. The van der Waals surface area contributed by atoms with Crippen LogP contribution in [0.25, 0.3) is 0 Å². The number of ether oxygens (including phenoxy) is 2. The summed E-state index contributed by atoms with van der Waals surface area (Å²) in [6, 6.07) is 0. The minimum atomic E-state index is -10.4. The predicted octanol–water partition coefficient (Wildman–Crippen LogP) is 20.0. The highest BCUT2D eigenvalue weighted by Crippen LogP contribution is 2.73. The van der Waals surface area contributed by atoms with Crippen LogP contribution in [0.15, 0.2) is 0 Å². The van der Waals surface area contributed by atoms with Crippen molar-refractivity contribution in [2.75, 3.05) is 13.2 Å². The molecule has 0 aliphatic rings. The number of hydrogen-bond donors (Lipinski definition) is 2. The highest BCUT2D eigenvalue weighted by molar-refractivity contribution is 5.70. The van der Waals surface area contributed by atoms with Gasteiger partial charge in [0.2, 0.25) is 0 Å². The van der Waals surface area contributed by atoms with Crippen LogP contribution >= 0.6 is 0 Å². The summed E-state index contributed by atoms with van der Waals surface area (Å²) in [5, 5.41) is 18.8. The van der Waals surface area contributed by atoms with E-state index in [1.54, 1.807) is 0 Å². The third-order valence-electron chi connectivity index (χ3n) is 14.0. The zero-order valence-corrected chi connectivity index (χ0v) is 48.8. The molecule has 0 fully saturated rings. The Kier molecular flexibility index (Phi) is 26.8. The van der Waals surface area contributed by atoms with Gasteiger partial charge in [-0.1, -0.05) is 0 Å². The first-order valence-electron chi connectivity index (χ1n) is 25.2. The molecule has 68 heteroatoms. The number of aliphatic hydroxyl groups excluding tert-OH is 2. The summed E-state index contributed by atoms with van der Waals surface area (Å²) in [5.74, 6) is -278. The summed E-state index contributed by atoms with van der Waals surface area (Å²) in [5.41, 5.74) is 0. The molecule has 0 aromatic carbocycles. The molecule has 0 rings (SSSR count). The SMILES string of the molecule is O=C(CCCCC(=O)OCC(O)CC(F)(F)C(F)(F)C(F)(F)C(F)(F)C(F)(F)C(F)(F)C(F)(F)C(F)(F)C(F)(F)C(F)(F)C(F)(F)C(F)(F)C(F)(F)C(F)(F)C(F)(F)F)OCC(O)CC(F)(F)C(F)(F)C(F)(F)C(F)(F)C(F)(F)C(F)(F)C(F)(F)C(F)(F)C(F)(F)C(F)(F)C(F)(F)C(F)(F)C(F)(F)C(F)(F)C(F)(F)F. The van der Waals surface area contributed by atoms with Crippen molar-refractivity contribution in [1.29, 1.82) is 0 Å². The van der Waals surface area contributed by atoms with Gasteiger partial charge in [0.25, 0.3) is 0 Å². The van der Waals surface area contributed by atoms with E-state index in [9.17, 15) is 292 Å². The Bertz CT molecular complexity index is 2990. The molecule has 0 saturated carbocycles. The fourth-order valence-electron chi connectivity index (χ4n) is 7.18. The average molecular weight is 1800 g/mol. The van der Waals surface area contributed by atoms with Gasteiger partial charge in [-0.05, 0) is 12.8 Å². The van der Waals surface area contributed by atoms with Gasteiger partial charge in [0, 0.05) is 25.7 Å². The van der Waals surface area contributed by atoms with E-state index < -0.39 is 254 Å². The Morgan fingerprint density at radius 3 is 0.418 bits per heavy atom. The molecule has 110 heavy (non-hydrogen) atoms. The standard InChI is InChI=1S/C42H20F62O6/c43-13(44,15(47,48)17(51,52)19(55,56)21(59,60)23(63,64)25(67,68)27(71,72)29(75,76)31(79,80)33(83,84)35(87,88)37(91,92)39(95,96)41(99,100)101)5-9(105)7-109-11(107)3-1-2-4-12(108)110-8-10(106)6-14(45,46)16(49,50)18(53,54)20(57,58)22(61,62)24(65,66)26(69,70)28(73,74)30(77,78)32(81,82)34(85,86)36(89,90)38(93,94)40(97,98)42(102,103)104/h9-10,105-106H,1-8H2. The van der Waals surface area contributed by atoms with Crippen molar-refractivity contribution in [3.05, 3.63) is 0 Å². The minimum absolute atomic E-state index is 1.25. The molecule has 2 N–H and O–H groups in total. The van der Waals surface area contributed by atoms with Gasteiger partial charge in [-0.3, -0.25) is 9.59 Å². The van der Waals surface area contributed by atoms with Crippen molar-refractivity contribution in [2.24, 2.45) is 0 Å². The van der Waals surface area contributed by atoms with Crippen molar-refractivity contribution in [3.63, 3.8) is 0 Å². The maximum atomic E-state index is 14.4. The molecule has 0 heterocycles. The molecule has 0 aliphatic heterocycles. The van der Waals surface area contributed by atoms with Crippen LogP contribution in [0, 0.1) is 0 Å². The molecular weight excluding hydrogens is 1780 g/mol. The lowest BCUT2D eigenvalue weighted by atomic mass is 9.83. The zero-order valence-electron chi connectivity index (χ0n) is 48.8. The first-order valence-corrected chi connectivity index (χ1v) is 25.2. The molecule has 0 spiro atoms. The molecule has 0 amide bonds. The first-order chi connectivity index (χ1) is 46.8. The summed E-state index contributed by atoms with van der Waals surface area (Å²) in [6.45, 7) is -5.24. The Labute approximate surface area is 556 Å². The number of carbonyl (C=O) groups excluding carboxylic acids is 2. The Balaban J connectivity index is 6.52. The van der Waals surface area contributed by atoms with E-state index in [0.717, 1.165) is 0 Å². The molecule has 0 aliphatic carbocycles. The van der Waals surface area contributed by atoms with Gasteiger partial charge < -0.3 is 19.7 Å². The van der Waals surface area contributed by atoms with Crippen LogP contribution in [0.1, 0.15) is 38.5 Å². The maximum absolute atomic E-state index is 14.4. The third kappa shape index (κ3) is 14.1. The Morgan fingerprint density at radius 2 is 0.300 bits per heavy atom. The highest BCUT2D eigenvalue weighted by atomic mass is 19.5. The number of carbonyl (C=O) groups is 2. The number of unbranched alkanes of at least 4 members (excludes halogenated alkanes) is 1. The number of aliphatic hydroxyl groups is 2. The number of halogens is 62. The molecule has 0 bridgehead atoms. The largest absolute Gasteiger partial charge is 0.463 e. The van der Waals surface area contributed by atoms with Gasteiger partial charge in [0.1, 0.15) is 13.2 Å². The van der Waals surface area contributed by atoms with Gasteiger partial charge in [-0.15, -0.1) is 0 Å². The first kappa shape index (κ1) is 105. The number of rotatable bonds is 39. The molecule has 2 atom stereocenters. The smallest absolute Gasteiger partial charge is 0.460 e. The zero-order chi connectivity index (χ0) is 90.4. The summed E-state index contributed by atoms with van der Waals surface area (Å²) < 4.78 is 864. The van der Waals surface area contributed by atoms with E-state index >= 15 is 0 Å². The second-order valence-electron chi connectivity index (χ2n) is 21.6. The Hall–Kier alpha value is -5.48. The van der Waals surface area contributed by atoms with Crippen molar-refractivity contribution in [3.8, 4) is 0 Å². The van der Waals surface area contributed by atoms with E-state index in [1.807, 2.05) is 0 Å². The van der Waals surface area contributed by atoms with Crippen LogP contribution in [0.5, 0.6) is 0 Å². The monoisotopic (exact) mass is 1800 g/mol. The molecule has 0 aromatic rings. The molecule has 0 aromatic heterocycles. The van der Waals surface area contributed by atoms with Crippen LogP contribution in [-0.4, -0.2) is 226 Å². The lowest BCUT2D eigenvalue weighted by Gasteiger charge is -2.46. The van der Waals surface area contributed by atoms with E-state index in [2.05, 4.69) is 9.47 Å². The quantitative estimate of drug-likeness (QED) is 0.0362. The van der Waals surface area contributed by atoms with Crippen LogP contribution in [0.2, 0.25) is 0 Å². The summed E-state index contributed by atoms with van der Waals surface area (Å²) in [6.07, 6.45) is -38.9. The third-order valence-corrected chi connectivity index (χ3v) is 14.0. The van der Waals surface area contributed by atoms with Crippen molar-refractivity contribution >= 4 is 11.9 Å². The second-order valence-corrected chi connectivity index (χ2v) is 21.6. The second kappa shape index (κ2) is 28.2. The number of hydrogen-bond acceptors (Lipinski definition) is 6. The Morgan fingerprint density at radius 1 is 0.191 bits per heavy atom. The van der Waals surface area contributed by atoms with E-state index in [4.69, 9.17) is 0 Å². The fraction of sp³-hybridized carbons (Fsp3) is 0.952. The van der Waals surface area contributed by atoms with Crippen LogP contribution < -0.4 is 0 Å². The average Bonchev–Trinajstić information content (AvgIpc) is 0.682. The molecule has 658 valence electrons. The fourth-order valence-corrected chi connectivity index (χ4v) is 7.18. The topological polar surface area (TPSA) is 93.1 Å². The van der Waals surface area contributed by atoms with Gasteiger partial charge in [0.15, 0.2) is 0 Å². The van der Waals surface area contributed by atoms with Crippen LogP contribution in [0.3, 0.4) is 0 Å². The summed E-state index contributed by atoms with van der Waals surface area (Å²) in [7, 11) is 0. The molecule has 6 nitrogen and oxygen atoms in total. The highest BCUT2D eigenvalue weighted by Gasteiger charge is 3.04. The van der Waals surface area contributed by atoms with Crippen molar-refractivity contribution in [1.82, 2.24) is 0 Å². The molecule has 0 radical (unpaired) electrons. The molecule has 0 saturated heterocycles. The van der Waals surface area contributed by atoms with E-state index in [-0.39, 0.29) is 0 Å². The summed E-state index contributed by atoms with van der Waals surface area (Å²) >= 11 is 0. The van der Waals surface area contributed by atoms with E-state index in [1.165, 1.54) is 0 Å². The lowest BCUT2D eigenvalue weighted by molar-refractivity contribution is -0.489. The van der Waals surface area contributed by atoms with Crippen molar-refractivity contribution < 1.29 is 301 Å². The molecule has 2 unspecified atom stereocenters. The van der Waals surface area contributed by atoms with Crippen LogP contribution in [0.4, 0.5) is 272 Å². The van der Waals surface area contributed by atoms with Gasteiger partial charge in [-0.2, -0.15) is 272 Å². The number of alkyl halides is 62. The van der Waals surface area contributed by atoms with Gasteiger partial charge >= 0.3 is 190 Å².